The van der Waals surface area contributed by atoms with Crippen LogP contribution >= 0.6 is 11.6 Å². The Morgan fingerprint density at radius 1 is 1.03 bits per heavy atom. The molecule has 1 atom stereocenters. The number of hydrogen-bond acceptors (Lipinski definition) is 4. The smallest absolute Gasteiger partial charge is 0.255 e. The summed E-state index contributed by atoms with van der Waals surface area (Å²) >= 11 is 6.02. The van der Waals surface area contributed by atoms with Gasteiger partial charge in [-0.3, -0.25) is 14.5 Å². The molecule has 34 heavy (non-hydrogen) atoms. The van der Waals surface area contributed by atoms with Crippen LogP contribution in [0.1, 0.15) is 34.3 Å². The second-order valence-corrected chi connectivity index (χ2v) is 9.01. The molecule has 0 saturated carbocycles. The molecule has 0 spiro atoms. The van der Waals surface area contributed by atoms with Crippen LogP contribution < -0.4 is 15.8 Å². The molecule has 0 aliphatic carbocycles. The third-order valence-corrected chi connectivity index (χ3v) is 6.15. The van der Waals surface area contributed by atoms with Gasteiger partial charge in [0, 0.05) is 29.4 Å². The number of nitrogens with zero attached hydrogens (tertiary/aromatic N) is 1. The fraction of sp³-hybridized carbons (Fsp3) is 0.259. The summed E-state index contributed by atoms with van der Waals surface area (Å²) in [5.74, 6) is 0.110. The van der Waals surface area contributed by atoms with E-state index in [1.807, 2.05) is 54.6 Å². The summed E-state index contributed by atoms with van der Waals surface area (Å²) in [4.78, 5) is 26.5. The van der Waals surface area contributed by atoms with E-state index in [2.05, 4.69) is 10.2 Å². The lowest BCUT2D eigenvalue weighted by molar-refractivity contribution is -0.123. The molecule has 176 valence electrons. The Balaban J connectivity index is 1.32. The van der Waals surface area contributed by atoms with Crippen LogP contribution in [0.2, 0.25) is 5.02 Å². The van der Waals surface area contributed by atoms with E-state index in [0.29, 0.717) is 35.2 Å². The Morgan fingerprint density at radius 2 is 1.82 bits per heavy atom. The van der Waals surface area contributed by atoms with Crippen molar-refractivity contribution in [3.63, 3.8) is 0 Å². The Hall–Kier alpha value is -3.35. The van der Waals surface area contributed by atoms with Gasteiger partial charge in [0.15, 0.2) is 0 Å². The molecule has 1 saturated heterocycles. The normalized spacial score (nSPS) is 16.1. The molecular formula is C27H28ClN3O3. The summed E-state index contributed by atoms with van der Waals surface area (Å²) < 4.78 is 5.83. The number of nitrogens with two attached hydrogens (primary N) is 1. The maximum atomic E-state index is 12.8. The van der Waals surface area contributed by atoms with Gasteiger partial charge in [0.25, 0.3) is 5.91 Å². The number of carbonyl (C=O) groups is 2. The fourth-order valence-electron chi connectivity index (χ4n) is 4.11. The highest BCUT2D eigenvalue weighted by atomic mass is 35.5. The van der Waals surface area contributed by atoms with Gasteiger partial charge in [-0.05, 0) is 73.0 Å². The van der Waals surface area contributed by atoms with Gasteiger partial charge in [-0.15, -0.1) is 0 Å². The second-order valence-electron chi connectivity index (χ2n) is 8.57. The number of hydrogen-bond donors (Lipinski definition) is 2. The van der Waals surface area contributed by atoms with E-state index >= 15 is 0 Å². The summed E-state index contributed by atoms with van der Waals surface area (Å²) in [6.07, 6.45) is 1.84. The Labute approximate surface area is 204 Å². The molecule has 0 radical (unpaired) electrons. The van der Waals surface area contributed by atoms with Gasteiger partial charge < -0.3 is 15.8 Å². The summed E-state index contributed by atoms with van der Waals surface area (Å²) in [5.41, 5.74) is 8.78. The van der Waals surface area contributed by atoms with Crippen LogP contribution in [0.4, 0.5) is 5.69 Å². The van der Waals surface area contributed by atoms with Gasteiger partial charge in [0.05, 0.1) is 5.92 Å². The fourth-order valence-corrected chi connectivity index (χ4v) is 4.32. The van der Waals surface area contributed by atoms with Crippen LogP contribution in [0.25, 0.3) is 0 Å². The van der Waals surface area contributed by atoms with Crippen molar-refractivity contribution in [2.24, 2.45) is 11.7 Å². The zero-order valence-electron chi connectivity index (χ0n) is 18.9. The largest absolute Gasteiger partial charge is 0.489 e. The molecule has 0 bridgehead atoms. The van der Waals surface area contributed by atoms with Crippen LogP contribution in [0, 0.1) is 5.92 Å². The number of ether oxygens (including phenoxy) is 1. The molecule has 1 heterocycles. The quantitative estimate of drug-likeness (QED) is 0.484. The topological polar surface area (TPSA) is 84.7 Å². The highest BCUT2D eigenvalue weighted by molar-refractivity contribution is 6.30. The summed E-state index contributed by atoms with van der Waals surface area (Å²) in [6.45, 7) is 2.77. The van der Waals surface area contributed by atoms with E-state index in [0.717, 1.165) is 37.1 Å². The number of piperidine rings is 1. The minimum Gasteiger partial charge on any atom is -0.489 e. The molecule has 1 unspecified atom stereocenters. The van der Waals surface area contributed by atoms with E-state index in [-0.39, 0.29) is 17.7 Å². The van der Waals surface area contributed by atoms with Crippen LogP contribution in [0.5, 0.6) is 5.75 Å². The number of likely N-dealkylation sites (tertiary alicyclic amines) is 1. The van der Waals surface area contributed by atoms with E-state index < -0.39 is 0 Å². The molecule has 3 aromatic carbocycles. The minimum absolute atomic E-state index is 0.0717. The molecule has 1 fully saturated rings. The molecule has 3 aromatic rings. The summed E-state index contributed by atoms with van der Waals surface area (Å²) in [5, 5.41) is 3.59. The van der Waals surface area contributed by atoms with E-state index in [9.17, 15) is 9.59 Å². The second kappa shape index (κ2) is 11.2. The summed E-state index contributed by atoms with van der Waals surface area (Å²) in [6, 6.07) is 22.3. The minimum atomic E-state index is -0.221. The van der Waals surface area contributed by atoms with Crippen molar-refractivity contribution >= 4 is 29.1 Å². The first-order chi connectivity index (χ1) is 16.5. The van der Waals surface area contributed by atoms with E-state index in [4.69, 9.17) is 22.1 Å². The number of nitrogens with one attached hydrogen (secondary N) is 1. The van der Waals surface area contributed by atoms with Crippen LogP contribution in [-0.4, -0.2) is 29.8 Å². The zero-order chi connectivity index (χ0) is 23.9. The number of anilines is 1. The van der Waals surface area contributed by atoms with Crippen molar-refractivity contribution in [1.82, 2.24) is 4.90 Å². The lowest BCUT2D eigenvalue weighted by atomic mass is 9.97. The highest BCUT2D eigenvalue weighted by Gasteiger charge is 2.23. The molecule has 4 rings (SSSR count). The third-order valence-electron chi connectivity index (χ3n) is 5.92. The third kappa shape index (κ3) is 6.59. The van der Waals surface area contributed by atoms with Crippen LogP contribution in [-0.2, 0) is 17.9 Å². The van der Waals surface area contributed by atoms with Crippen molar-refractivity contribution in [3.8, 4) is 5.75 Å². The van der Waals surface area contributed by atoms with Crippen LogP contribution in [0.15, 0.2) is 72.8 Å². The first-order valence-electron chi connectivity index (χ1n) is 11.4. The van der Waals surface area contributed by atoms with Crippen molar-refractivity contribution in [1.29, 1.82) is 0 Å². The molecule has 7 heteroatoms. The number of primary amides is 1. The molecule has 0 aromatic heterocycles. The average Bonchev–Trinajstić information content (AvgIpc) is 2.84. The maximum absolute atomic E-state index is 12.8. The van der Waals surface area contributed by atoms with Crippen LogP contribution in [0.3, 0.4) is 0 Å². The van der Waals surface area contributed by atoms with Crippen molar-refractivity contribution in [2.75, 3.05) is 18.4 Å². The Kier molecular flexibility index (Phi) is 7.83. The molecule has 1 aliphatic rings. The molecule has 2 amide bonds. The van der Waals surface area contributed by atoms with Gasteiger partial charge in [-0.2, -0.15) is 0 Å². The van der Waals surface area contributed by atoms with Gasteiger partial charge >= 0.3 is 0 Å². The molecule has 1 aliphatic heterocycles. The van der Waals surface area contributed by atoms with Crippen molar-refractivity contribution in [2.45, 2.75) is 26.0 Å². The van der Waals surface area contributed by atoms with Gasteiger partial charge in [0.1, 0.15) is 12.4 Å². The number of halogens is 1. The number of rotatable bonds is 8. The first-order valence-corrected chi connectivity index (χ1v) is 11.7. The Morgan fingerprint density at radius 3 is 2.59 bits per heavy atom. The van der Waals surface area contributed by atoms with E-state index in [1.54, 1.807) is 18.2 Å². The Bertz CT molecular complexity index is 1150. The number of benzene rings is 3. The van der Waals surface area contributed by atoms with Gasteiger partial charge in [-0.1, -0.05) is 41.9 Å². The van der Waals surface area contributed by atoms with Crippen molar-refractivity contribution in [3.05, 3.63) is 94.5 Å². The maximum Gasteiger partial charge on any atom is 0.255 e. The predicted molar refractivity (Wildman–Crippen MR) is 134 cm³/mol. The van der Waals surface area contributed by atoms with E-state index in [1.165, 1.54) is 0 Å². The lowest BCUT2D eigenvalue weighted by Gasteiger charge is -2.31. The van der Waals surface area contributed by atoms with Crippen molar-refractivity contribution < 1.29 is 14.3 Å². The standard InChI is InChI=1S/C27H28ClN3O3/c28-23-7-1-4-20(14-23)18-34-25-8-2-5-21(15-25)27(33)30-24-11-9-19(10-12-24)16-31-13-3-6-22(17-31)26(29)32/h1-2,4-5,7-12,14-15,22H,3,6,13,16-18H2,(H2,29,32)(H,30,33). The van der Waals surface area contributed by atoms with Gasteiger partial charge in [-0.25, -0.2) is 0 Å². The highest BCUT2D eigenvalue weighted by Crippen LogP contribution is 2.21. The molecular weight excluding hydrogens is 450 g/mol. The monoisotopic (exact) mass is 477 g/mol. The molecule has 3 N–H and O–H groups in total. The number of carbonyl (C=O) groups excluding carboxylic acids is 2. The predicted octanol–water partition coefficient (Wildman–Crippen LogP) is 4.87. The zero-order valence-corrected chi connectivity index (χ0v) is 19.6. The molecule has 6 nitrogen and oxygen atoms in total. The SMILES string of the molecule is NC(=O)C1CCCN(Cc2ccc(NC(=O)c3cccc(OCc4cccc(Cl)c4)c3)cc2)C1. The van der Waals surface area contributed by atoms with Gasteiger partial charge in [0.2, 0.25) is 5.91 Å². The summed E-state index contributed by atoms with van der Waals surface area (Å²) in [7, 11) is 0. The number of amides is 2. The lowest BCUT2D eigenvalue weighted by Crippen LogP contribution is -2.40. The average molecular weight is 478 g/mol. The first kappa shape index (κ1) is 23.8.